The number of rotatable bonds is 1. The Kier molecular flexibility index (Phi) is 1.93. The van der Waals surface area contributed by atoms with Crippen molar-refractivity contribution in [3.8, 4) is 11.5 Å². The SMILES string of the molecule is O=[C]c1cc2ccc(O)c(O)c2oc1=O. The average Bonchev–Trinajstić information content (AvgIpc) is 2.24. The van der Waals surface area contributed by atoms with E-state index in [1.807, 2.05) is 0 Å². The van der Waals surface area contributed by atoms with E-state index >= 15 is 0 Å². The lowest BCUT2D eigenvalue weighted by Gasteiger charge is -2.01. The van der Waals surface area contributed by atoms with Gasteiger partial charge in [-0.25, -0.2) is 4.79 Å². The van der Waals surface area contributed by atoms with E-state index in [0.29, 0.717) is 5.39 Å². The molecule has 15 heavy (non-hydrogen) atoms. The number of aromatic hydroxyl groups is 2. The van der Waals surface area contributed by atoms with Crippen molar-refractivity contribution in [2.75, 3.05) is 0 Å². The van der Waals surface area contributed by atoms with E-state index in [-0.39, 0.29) is 11.1 Å². The standard InChI is InChI=1S/C10H5O5/c11-4-6-3-5-1-2-7(12)8(13)9(5)15-10(6)14/h1-3,12-13H. The van der Waals surface area contributed by atoms with Crippen LogP contribution in [0.4, 0.5) is 0 Å². The van der Waals surface area contributed by atoms with Gasteiger partial charge in [0.2, 0.25) is 12.0 Å². The predicted octanol–water partition coefficient (Wildman–Crippen LogP) is 0.662. The van der Waals surface area contributed by atoms with Crippen molar-refractivity contribution >= 4 is 17.3 Å². The van der Waals surface area contributed by atoms with Gasteiger partial charge in [0.05, 0.1) is 0 Å². The topological polar surface area (TPSA) is 87.7 Å². The van der Waals surface area contributed by atoms with Gasteiger partial charge in [-0.05, 0) is 18.2 Å². The lowest BCUT2D eigenvalue weighted by Crippen LogP contribution is -2.05. The highest BCUT2D eigenvalue weighted by molar-refractivity contribution is 5.88. The van der Waals surface area contributed by atoms with Gasteiger partial charge in [0.15, 0.2) is 11.3 Å². The molecule has 1 aromatic heterocycles. The molecule has 0 bridgehead atoms. The normalized spacial score (nSPS) is 10.4. The van der Waals surface area contributed by atoms with Crippen LogP contribution in [0.2, 0.25) is 0 Å². The lowest BCUT2D eigenvalue weighted by atomic mass is 10.2. The highest BCUT2D eigenvalue weighted by Gasteiger charge is 2.11. The van der Waals surface area contributed by atoms with Crippen LogP contribution in [-0.4, -0.2) is 16.5 Å². The molecule has 1 aromatic carbocycles. The number of phenols is 2. The van der Waals surface area contributed by atoms with Crippen molar-refractivity contribution in [1.82, 2.24) is 0 Å². The molecular weight excluding hydrogens is 200 g/mol. The second kappa shape index (κ2) is 3.13. The minimum atomic E-state index is -0.904. The quantitative estimate of drug-likeness (QED) is 0.527. The van der Waals surface area contributed by atoms with E-state index in [9.17, 15) is 14.7 Å². The monoisotopic (exact) mass is 205 g/mol. The third-order valence-corrected chi connectivity index (χ3v) is 1.97. The minimum absolute atomic E-state index is 0.154. The molecule has 0 aliphatic carbocycles. The largest absolute Gasteiger partial charge is 0.504 e. The summed E-state index contributed by atoms with van der Waals surface area (Å²) in [6.07, 6.45) is 1.42. The van der Waals surface area contributed by atoms with Gasteiger partial charge in [0.25, 0.3) is 0 Å². The van der Waals surface area contributed by atoms with Crippen LogP contribution >= 0.6 is 0 Å². The van der Waals surface area contributed by atoms with Gasteiger partial charge >= 0.3 is 5.63 Å². The number of hydrogen-bond acceptors (Lipinski definition) is 5. The van der Waals surface area contributed by atoms with Crippen molar-refractivity contribution in [3.63, 3.8) is 0 Å². The Bertz CT molecular complexity index is 597. The molecule has 2 N–H and O–H groups in total. The van der Waals surface area contributed by atoms with Crippen LogP contribution in [0.1, 0.15) is 5.56 Å². The molecule has 0 aliphatic rings. The smallest absolute Gasteiger partial charge is 0.347 e. The maximum atomic E-state index is 11.1. The van der Waals surface area contributed by atoms with Gasteiger partial charge in [-0.1, -0.05) is 0 Å². The molecule has 1 radical (unpaired) electrons. The Morgan fingerprint density at radius 1 is 1.27 bits per heavy atom. The molecular formula is C10H5O5. The number of carbonyl (C=O) groups excluding carboxylic acids is 1. The maximum absolute atomic E-state index is 11.1. The van der Waals surface area contributed by atoms with Crippen molar-refractivity contribution in [1.29, 1.82) is 0 Å². The summed E-state index contributed by atoms with van der Waals surface area (Å²) < 4.78 is 4.67. The molecule has 1 heterocycles. The summed E-state index contributed by atoms with van der Waals surface area (Å²) >= 11 is 0. The summed E-state index contributed by atoms with van der Waals surface area (Å²) in [5.41, 5.74) is -1.31. The van der Waals surface area contributed by atoms with Gasteiger partial charge < -0.3 is 14.6 Å². The van der Waals surface area contributed by atoms with Gasteiger partial charge in [0, 0.05) is 5.39 Å². The fourth-order valence-electron chi connectivity index (χ4n) is 1.23. The first kappa shape index (κ1) is 9.26. The number of benzene rings is 1. The molecule has 2 aromatic rings. The van der Waals surface area contributed by atoms with Crippen LogP contribution in [0.3, 0.4) is 0 Å². The fraction of sp³-hybridized carbons (Fsp3) is 0. The first-order chi connectivity index (χ1) is 7.13. The highest BCUT2D eigenvalue weighted by Crippen LogP contribution is 2.32. The minimum Gasteiger partial charge on any atom is -0.504 e. The van der Waals surface area contributed by atoms with Gasteiger partial charge in [-0.2, -0.15) is 0 Å². The molecule has 75 valence electrons. The van der Waals surface area contributed by atoms with E-state index in [2.05, 4.69) is 4.42 Å². The Morgan fingerprint density at radius 3 is 2.67 bits per heavy atom. The number of phenolic OH excluding ortho intramolecular Hbond substituents is 2. The van der Waals surface area contributed by atoms with Gasteiger partial charge in [-0.15, -0.1) is 0 Å². The first-order valence-electron chi connectivity index (χ1n) is 4.00. The Labute approximate surface area is 83.2 Å². The van der Waals surface area contributed by atoms with Crippen molar-refractivity contribution in [2.45, 2.75) is 0 Å². The molecule has 0 atom stereocenters. The first-order valence-corrected chi connectivity index (χ1v) is 4.00. The van der Waals surface area contributed by atoms with Crippen LogP contribution < -0.4 is 5.63 Å². The summed E-state index contributed by atoms with van der Waals surface area (Å²) in [7, 11) is 0. The second-order valence-electron chi connectivity index (χ2n) is 2.90. The van der Waals surface area contributed by atoms with Gasteiger partial charge in [-0.3, -0.25) is 4.79 Å². The highest BCUT2D eigenvalue weighted by atomic mass is 16.4. The maximum Gasteiger partial charge on any atom is 0.347 e. The molecule has 5 heteroatoms. The lowest BCUT2D eigenvalue weighted by molar-refractivity contribution is 0.397. The summed E-state index contributed by atoms with van der Waals surface area (Å²) in [4.78, 5) is 21.4. The van der Waals surface area contributed by atoms with Crippen molar-refractivity contribution in [3.05, 3.63) is 34.2 Å². The van der Waals surface area contributed by atoms with Crippen LogP contribution in [-0.2, 0) is 4.79 Å². The predicted molar refractivity (Wildman–Crippen MR) is 50.6 cm³/mol. The van der Waals surface area contributed by atoms with Crippen molar-refractivity contribution < 1.29 is 19.4 Å². The number of fused-ring (bicyclic) bond motifs is 1. The summed E-state index contributed by atoms with van der Waals surface area (Å²) in [5.74, 6) is -0.921. The summed E-state index contributed by atoms with van der Waals surface area (Å²) in [6, 6.07) is 3.87. The molecule has 0 aliphatic heterocycles. The molecule has 2 rings (SSSR count). The van der Waals surface area contributed by atoms with Crippen LogP contribution in [0.5, 0.6) is 11.5 Å². The Morgan fingerprint density at radius 2 is 2.00 bits per heavy atom. The molecule has 0 amide bonds. The third-order valence-electron chi connectivity index (χ3n) is 1.97. The summed E-state index contributed by atoms with van der Waals surface area (Å²) in [6.45, 7) is 0. The molecule has 0 unspecified atom stereocenters. The average molecular weight is 205 g/mol. The molecule has 0 saturated heterocycles. The molecule has 5 nitrogen and oxygen atoms in total. The zero-order valence-corrected chi connectivity index (χ0v) is 7.35. The van der Waals surface area contributed by atoms with Crippen LogP contribution in [0.25, 0.3) is 11.0 Å². The third kappa shape index (κ3) is 1.34. The van der Waals surface area contributed by atoms with E-state index < -0.39 is 17.1 Å². The molecule has 0 fully saturated rings. The van der Waals surface area contributed by atoms with E-state index in [0.717, 1.165) is 0 Å². The zero-order chi connectivity index (χ0) is 11.0. The fourth-order valence-corrected chi connectivity index (χ4v) is 1.23. The van der Waals surface area contributed by atoms with Crippen molar-refractivity contribution in [2.24, 2.45) is 0 Å². The van der Waals surface area contributed by atoms with E-state index in [1.165, 1.54) is 24.5 Å². The van der Waals surface area contributed by atoms with Crippen LogP contribution in [0, 0.1) is 0 Å². The summed E-state index contributed by atoms with van der Waals surface area (Å²) in [5, 5.41) is 18.8. The van der Waals surface area contributed by atoms with E-state index in [4.69, 9.17) is 5.11 Å². The van der Waals surface area contributed by atoms with E-state index in [1.54, 1.807) is 0 Å². The second-order valence-corrected chi connectivity index (χ2v) is 2.90. The molecule has 0 spiro atoms. The Balaban J connectivity index is 2.93. The molecule has 0 saturated carbocycles. The zero-order valence-electron chi connectivity index (χ0n) is 7.35. The Hall–Kier alpha value is -2.30. The number of hydrogen-bond donors (Lipinski definition) is 2. The van der Waals surface area contributed by atoms with Crippen LogP contribution in [0.15, 0.2) is 27.4 Å². The van der Waals surface area contributed by atoms with Gasteiger partial charge in [0.1, 0.15) is 5.56 Å².